The molecule has 0 bridgehead atoms. The molecule has 0 saturated heterocycles. The second-order valence-corrected chi connectivity index (χ2v) is 4.11. The Bertz CT molecular complexity index is 673. The molecule has 2 aromatic rings. The fourth-order valence-electron chi connectivity index (χ4n) is 1.61. The van der Waals surface area contributed by atoms with E-state index in [0.29, 0.717) is 11.4 Å². The number of hydrogen-bond acceptors (Lipinski definition) is 5. The van der Waals surface area contributed by atoms with Gasteiger partial charge in [-0.2, -0.15) is 0 Å². The molecule has 2 rings (SSSR count). The highest BCUT2D eigenvalue weighted by atomic mass is 16.5. The van der Waals surface area contributed by atoms with Gasteiger partial charge in [0.15, 0.2) is 12.3 Å². The number of rotatable bonds is 5. The number of carboxylic acids is 1. The number of benzene rings is 1. The van der Waals surface area contributed by atoms with E-state index in [1.54, 1.807) is 30.3 Å². The van der Waals surface area contributed by atoms with Gasteiger partial charge in [0.1, 0.15) is 5.75 Å². The van der Waals surface area contributed by atoms with Gasteiger partial charge in [-0.05, 0) is 24.3 Å². The molecule has 7 heteroatoms. The van der Waals surface area contributed by atoms with Gasteiger partial charge in [-0.15, -0.1) is 0 Å². The lowest BCUT2D eigenvalue weighted by atomic mass is 10.2. The summed E-state index contributed by atoms with van der Waals surface area (Å²) in [5.41, 5.74) is 6.52. The number of nitrogens with two attached hydrogens (primary N) is 1. The first-order valence-corrected chi connectivity index (χ1v) is 6.03. The maximum Gasteiger partial charge on any atom is 0.341 e. The Kier molecular flexibility index (Phi) is 4.35. The molecule has 7 nitrogen and oxygen atoms in total. The van der Waals surface area contributed by atoms with Crippen LogP contribution < -0.4 is 15.8 Å². The number of hydrogen-bond donors (Lipinski definition) is 3. The van der Waals surface area contributed by atoms with Crippen molar-refractivity contribution >= 4 is 23.3 Å². The van der Waals surface area contributed by atoms with E-state index in [1.165, 1.54) is 12.3 Å². The van der Waals surface area contributed by atoms with Gasteiger partial charge in [0.05, 0.1) is 5.69 Å². The second kappa shape index (κ2) is 6.38. The van der Waals surface area contributed by atoms with E-state index in [1.807, 2.05) is 0 Å². The minimum Gasteiger partial charge on any atom is -0.482 e. The monoisotopic (exact) mass is 287 g/mol. The lowest BCUT2D eigenvalue weighted by Crippen LogP contribution is -2.16. The molecule has 0 radical (unpaired) electrons. The lowest BCUT2D eigenvalue weighted by molar-refractivity contribution is -0.139. The topological polar surface area (TPSA) is 115 Å². The van der Waals surface area contributed by atoms with Gasteiger partial charge in [-0.25, -0.2) is 9.78 Å². The standard InChI is InChI=1S/C14H13N3O4/c15-11-5-2-6-16-13(11)14(20)17-9-3-1-4-10(7-9)21-8-12(18)19/h1-7H,8,15H2,(H,17,20)(H,18,19). The zero-order chi connectivity index (χ0) is 15.2. The van der Waals surface area contributed by atoms with E-state index in [0.717, 1.165) is 0 Å². The predicted molar refractivity (Wildman–Crippen MR) is 76.2 cm³/mol. The van der Waals surface area contributed by atoms with Gasteiger partial charge in [0, 0.05) is 18.0 Å². The van der Waals surface area contributed by atoms with Crippen molar-refractivity contribution < 1.29 is 19.4 Å². The van der Waals surface area contributed by atoms with Crippen LogP contribution in [0.15, 0.2) is 42.6 Å². The first-order chi connectivity index (χ1) is 10.1. The van der Waals surface area contributed by atoms with Crippen LogP contribution in [-0.4, -0.2) is 28.6 Å². The predicted octanol–water partition coefficient (Wildman–Crippen LogP) is 1.38. The van der Waals surface area contributed by atoms with Gasteiger partial charge < -0.3 is 20.9 Å². The van der Waals surface area contributed by atoms with Crippen molar-refractivity contribution in [2.45, 2.75) is 0 Å². The maximum atomic E-state index is 12.0. The number of ether oxygens (including phenoxy) is 1. The highest BCUT2D eigenvalue weighted by molar-refractivity contribution is 6.06. The molecule has 21 heavy (non-hydrogen) atoms. The molecule has 1 aromatic carbocycles. The number of carboxylic acid groups (broad SMARTS) is 1. The Labute approximate surface area is 120 Å². The molecule has 0 aliphatic rings. The van der Waals surface area contributed by atoms with Gasteiger partial charge in [0.25, 0.3) is 5.91 Å². The fraction of sp³-hybridized carbons (Fsp3) is 0.0714. The molecular weight excluding hydrogens is 274 g/mol. The number of nitrogen functional groups attached to an aromatic ring is 1. The number of pyridine rings is 1. The first-order valence-electron chi connectivity index (χ1n) is 6.03. The molecular formula is C14H13N3O4. The van der Waals surface area contributed by atoms with E-state index in [4.69, 9.17) is 15.6 Å². The van der Waals surface area contributed by atoms with Crippen LogP contribution in [0.3, 0.4) is 0 Å². The lowest BCUT2D eigenvalue weighted by Gasteiger charge is -2.08. The van der Waals surface area contributed by atoms with E-state index >= 15 is 0 Å². The van der Waals surface area contributed by atoms with Crippen molar-refractivity contribution in [3.05, 3.63) is 48.3 Å². The largest absolute Gasteiger partial charge is 0.482 e. The number of aliphatic carboxylic acids is 1. The average molecular weight is 287 g/mol. The van der Waals surface area contributed by atoms with E-state index in [9.17, 15) is 9.59 Å². The Hall–Kier alpha value is -3.09. The highest BCUT2D eigenvalue weighted by Crippen LogP contribution is 2.18. The van der Waals surface area contributed by atoms with Crippen molar-refractivity contribution in [3.63, 3.8) is 0 Å². The molecule has 0 aliphatic heterocycles. The van der Waals surface area contributed by atoms with Gasteiger partial charge in [0.2, 0.25) is 0 Å². The summed E-state index contributed by atoms with van der Waals surface area (Å²) in [5, 5.41) is 11.2. The molecule has 108 valence electrons. The summed E-state index contributed by atoms with van der Waals surface area (Å²) in [4.78, 5) is 26.4. The van der Waals surface area contributed by atoms with Crippen LogP contribution in [0.5, 0.6) is 5.75 Å². The van der Waals surface area contributed by atoms with Crippen molar-refractivity contribution in [3.8, 4) is 5.75 Å². The van der Waals surface area contributed by atoms with Crippen molar-refractivity contribution in [2.24, 2.45) is 0 Å². The molecule has 1 aromatic heterocycles. The van der Waals surface area contributed by atoms with Crippen LogP contribution in [0.1, 0.15) is 10.5 Å². The number of anilines is 2. The summed E-state index contributed by atoms with van der Waals surface area (Å²) in [6.45, 7) is -0.454. The Morgan fingerprint density at radius 1 is 1.29 bits per heavy atom. The third kappa shape index (κ3) is 3.93. The highest BCUT2D eigenvalue weighted by Gasteiger charge is 2.11. The quantitative estimate of drug-likeness (QED) is 0.765. The van der Waals surface area contributed by atoms with Crippen LogP contribution in [-0.2, 0) is 4.79 Å². The van der Waals surface area contributed by atoms with Crippen LogP contribution in [0.4, 0.5) is 11.4 Å². The molecule has 0 aliphatic carbocycles. The van der Waals surface area contributed by atoms with Gasteiger partial charge >= 0.3 is 5.97 Å². The summed E-state index contributed by atoms with van der Waals surface area (Å²) in [5.74, 6) is -1.20. The van der Waals surface area contributed by atoms with Gasteiger partial charge in [-0.3, -0.25) is 4.79 Å². The molecule has 4 N–H and O–H groups in total. The number of nitrogens with zero attached hydrogens (tertiary/aromatic N) is 1. The third-order valence-electron chi connectivity index (χ3n) is 2.51. The molecule has 0 unspecified atom stereocenters. The second-order valence-electron chi connectivity index (χ2n) is 4.11. The Balaban J connectivity index is 2.09. The minimum absolute atomic E-state index is 0.120. The normalized spacial score (nSPS) is 9.90. The smallest absolute Gasteiger partial charge is 0.341 e. The Morgan fingerprint density at radius 3 is 2.81 bits per heavy atom. The molecule has 1 amide bonds. The molecule has 0 fully saturated rings. The van der Waals surface area contributed by atoms with Crippen LogP contribution in [0.25, 0.3) is 0 Å². The average Bonchev–Trinajstić information content (AvgIpc) is 2.46. The third-order valence-corrected chi connectivity index (χ3v) is 2.51. The number of carbonyl (C=O) groups excluding carboxylic acids is 1. The van der Waals surface area contributed by atoms with E-state index < -0.39 is 18.5 Å². The van der Waals surface area contributed by atoms with Crippen LogP contribution in [0.2, 0.25) is 0 Å². The summed E-state index contributed by atoms with van der Waals surface area (Å²) in [6.07, 6.45) is 1.47. The maximum absolute atomic E-state index is 12.0. The van der Waals surface area contributed by atoms with Crippen molar-refractivity contribution in [2.75, 3.05) is 17.7 Å². The zero-order valence-corrected chi connectivity index (χ0v) is 10.9. The number of carbonyl (C=O) groups is 2. The van der Waals surface area contributed by atoms with E-state index in [-0.39, 0.29) is 11.4 Å². The number of aromatic nitrogens is 1. The molecule has 0 atom stereocenters. The van der Waals surface area contributed by atoms with E-state index in [2.05, 4.69) is 10.3 Å². The van der Waals surface area contributed by atoms with Crippen molar-refractivity contribution in [1.82, 2.24) is 4.98 Å². The van der Waals surface area contributed by atoms with Crippen LogP contribution >= 0.6 is 0 Å². The summed E-state index contributed by atoms with van der Waals surface area (Å²) in [7, 11) is 0. The number of amides is 1. The SMILES string of the molecule is Nc1cccnc1C(=O)Nc1cccc(OCC(=O)O)c1. The fourth-order valence-corrected chi connectivity index (χ4v) is 1.61. The Morgan fingerprint density at radius 2 is 2.10 bits per heavy atom. The number of nitrogens with one attached hydrogen (secondary N) is 1. The van der Waals surface area contributed by atoms with Gasteiger partial charge in [-0.1, -0.05) is 6.07 Å². The summed E-state index contributed by atoms with van der Waals surface area (Å²) >= 11 is 0. The van der Waals surface area contributed by atoms with Crippen LogP contribution in [0, 0.1) is 0 Å². The zero-order valence-electron chi connectivity index (χ0n) is 10.9. The summed E-state index contributed by atoms with van der Waals surface area (Å²) in [6, 6.07) is 9.59. The molecule has 0 saturated carbocycles. The molecule has 0 spiro atoms. The first kappa shape index (κ1) is 14.3. The molecule has 1 heterocycles. The van der Waals surface area contributed by atoms with Crippen molar-refractivity contribution in [1.29, 1.82) is 0 Å². The minimum atomic E-state index is -1.08. The summed E-state index contributed by atoms with van der Waals surface area (Å²) < 4.78 is 5.03.